The first-order chi connectivity index (χ1) is 12.7. The van der Waals surface area contributed by atoms with E-state index in [2.05, 4.69) is 41.2 Å². The molecule has 1 aliphatic carbocycles. The average Bonchev–Trinajstić information content (AvgIpc) is 3.04. The topological polar surface area (TPSA) is 45.3 Å². The lowest BCUT2D eigenvalue weighted by atomic mass is 9.72. The Hall–Kier alpha value is -2.07. The van der Waals surface area contributed by atoms with Gasteiger partial charge in [0.2, 0.25) is 0 Å². The number of ether oxygens (including phenoxy) is 1. The summed E-state index contributed by atoms with van der Waals surface area (Å²) in [5.74, 6) is 1.09. The number of aromatic nitrogens is 1. The number of aromatic amines is 1. The molecule has 0 bridgehead atoms. The first kappa shape index (κ1) is 17.3. The highest BCUT2D eigenvalue weighted by Crippen LogP contribution is 2.44. The fourth-order valence-electron chi connectivity index (χ4n) is 4.90. The van der Waals surface area contributed by atoms with Crippen LogP contribution in [0.15, 0.2) is 36.7 Å². The number of likely N-dealkylation sites (tertiary alicyclic amines) is 1. The number of fused-ring (bicyclic) bond motifs is 2. The highest BCUT2D eigenvalue weighted by molar-refractivity contribution is 5.88. The van der Waals surface area contributed by atoms with Crippen molar-refractivity contribution in [3.05, 3.63) is 47.9 Å². The summed E-state index contributed by atoms with van der Waals surface area (Å²) in [4.78, 5) is 17.2. The minimum Gasteiger partial charge on any atom is -0.501 e. The monoisotopic (exact) mass is 352 g/mol. The van der Waals surface area contributed by atoms with Gasteiger partial charge in [-0.2, -0.15) is 0 Å². The summed E-state index contributed by atoms with van der Waals surface area (Å²) in [6.45, 7) is 6.71. The lowest BCUT2D eigenvalue weighted by molar-refractivity contribution is -0.112. The second-order valence-electron chi connectivity index (χ2n) is 7.81. The van der Waals surface area contributed by atoms with Crippen molar-refractivity contribution in [1.82, 2.24) is 9.88 Å². The van der Waals surface area contributed by atoms with Crippen LogP contribution in [0.5, 0.6) is 0 Å². The van der Waals surface area contributed by atoms with Crippen LogP contribution in [0.1, 0.15) is 43.7 Å². The van der Waals surface area contributed by atoms with E-state index in [4.69, 9.17) is 4.74 Å². The first-order valence-electron chi connectivity index (χ1n) is 9.79. The van der Waals surface area contributed by atoms with Crippen LogP contribution in [0.4, 0.5) is 0 Å². The number of benzene rings is 1. The molecule has 4 rings (SSSR count). The molecular weight excluding hydrogens is 324 g/mol. The maximum atomic E-state index is 11.0. The van der Waals surface area contributed by atoms with Gasteiger partial charge >= 0.3 is 0 Å². The molecule has 4 nitrogen and oxygen atoms in total. The number of allylic oxidation sites excluding steroid dienone is 1. The van der Waals surface area contributed by atoms with Crippen molar-refractivity contribution in [3.8, 4) is 0 Å². The Morgan fingerprint density at radius 1 is 1.42 bits per heavy atom. The summed E-state index contributed by atoms with van der Waals surface area (Å²) >= 11 is 0. The molecule has 26 heavy (non-hydrogen) atoms. The van der Waals surface area contributed by atoms with Crippen molar-refractivity contribution in [2.75, 3.05) is 19.7 Å². The molecule has 2 heterocycles. The molecular formula is C22H28N2O2. The van der Waals surface area contributed by atoms with Crippen LogP contribution in [-0.4, -0.2) is 41.4 Å². The van der Waals surface area contributed by atoms with E-state index in [1.807, 2.05) is 0 Å². The van der Waals surface area contributed by atoms with Crippen LogP contribution in [0, 0.1) is 5.92 Å². The third kappa shape index (κ3) is 3.18. The molecule has 1 saturated heterocycles. The fraction of sp³-hybridized carbons (Fsp3) is 0.500. The number of nitrogens with zero attached hydrogens (tertiary/aromatic N) is 1. The molecule has 2 aliphatic rings. The molecule has 0 spiro atoms. The van der Waals surface area contributed by atoms with E-state index in [1.54, 1.807) is 13.2 Å². The van der Waals surface area contributed by atoms with Gasteiger partial charge in [-0.1, -0.05) is 19.1 Å². The highest BCUT2D eigenvalue weighted by atomic mass is 16.5. The molecule has 1 fully saturated rings. The van der Waals surface area contributed by atoms with E-state index in [0.717, 1.165) is 25.9 Å². The van der Waals surface area contributed by atoms with Gasteiger partial charge in [-0.25, -0.2) is 0 Å². The standard InChI is InChI=1S/C22H28N2O2/c1-3-8-24-13-16(14-26-9-7-15(2)25)10-19-18-5-4-6-20-22(18)17(12-23-20)11-21(19)24/h4-7,9,12,16,19,21,23H,3,8,10-11,13-14H2,1-2H3/b9-7+/t16-,19?,21+/m1/s1. The maximum absolute atomic E-state index is 11.0. The molecule has 1 aromatic heterocycles. The molecule has 138 valence electrons. The summed E-state index contributed by atoms with van der Waals surface area (Å²) < 4.78 is 5.68. The van der Waals surface area contributed by atoms with Crippen LogP contribution in [0.25, 0.3) is 10.9 Å². The largest absolute Gasteiger partial charge is 0.501 e. The van der Waals surface area contributed by atoms with Crippen molar-refractivity contribution in [2.24, 2.45) is 5.92 Å². The lowest BCUT2D eigenvalue weighted by Gasteiger charge is -2.47. The van der Waals surface area contributed by atoms with E-state index < -0.39 is 0 Å². The SMILES string of the molecule is CCCN1C[C@H](CO/C=C/C(C)=O)CC2c3cccc4[nH]cc(c34)C[C@@H]21. The van der Waals surface area contributed by atoms with Gasteiger partial charge in [-0.3, -0.25) is 9.69 Å². The van der Waals surface area contributed by atoms with Gasteiger partial charge in [0.1, 0.15) is 0 Å². The maximum Gasteiger partial charge on any atom is 0.155 e. The molecule has 0 radical (unpaired) electrons. The fourth-order valence-corrected chi connectivity index (χ4v) is 4.90. The van der Waals surface area contributed by atoms with Gasteiger partial charge in [0.05, 0.1) is 12.9 Å². The molecule has 1 unspecified atom stereocenters. The van der Waals surface area contributed by atoms with Crippen LogP contribution in [0.3, 0.4) is 0 Å². The Bertz CT molecular complexity index is 823. The third-order valence-electron chi connectivity index (χ3n) is 5.90. The van der Waals surface area contributed by atoms with Gasteiger partial charge in [0.15, 0.2) is 5.78 Å². The second-order valence-corrected chi connectivity index (χ2v) is 7.81. The van der Waals surface area contributed by atoms with Gasteiger partial charge in [0, 0.05) is 47.6 Å². The number of rotatable bonds is 6. The zero-order chi connectivity index (χ0) is 18.1. The van der Waals surface area contributed by atoms with Crippen LogP contribution in [-0.2, 0) is 16.0 Å². The van der Waals surface area contributed by atoms with E-state index in [-0.39, 0.29) is 5.78 Å². The number of ketones is 1. The quantitative estimate of drug-likeness (QED) is 0.631. The Morgan fingerprint density at radius 2 is 2.31 bits per heavy atom. The van der Waals surface area contributed by atoms with Crippen molar-refractivity contribution >= 4 is 16.7 Å². The van der Waals surface area contributed by atoms with E-state index in [0.29, 0.717) is 24.5 Å². The minimum absolute atomic E-state index is 0.0280. The van der Waals surface area contributed by atoms with Crippen molar-refractivity contribution in [3.63, 3.8) is 0 Å². The summed E-state index contributed by atoms with van der Waals surface area (Å²) in [5.41, 5.74) is 4.23. The number of H-pyrrole nitrogens is 1. The van der Waals surface area contributed by atoms with Crippen molar-refractivity contribution in [1.29, 1.82) is 0 Å². The molecule has 4 heteroatoms. The highest BCUT2D eigenvalue weighted by Gasteiger charge is 2.40. The predicted molar refractivity (Wildman–Crippen MR) is 104 cm³/mol. The smallest absolute Gasteiger partial charge is 0.155 e. The lowest BCUT2D eigenvalue weighted by Crippen LogP contribution is -2.50. The molecule has 2 aromatic rings. The van der Waals surface area contributed by atoms with Crippen molar-refractivity contribution in [2.45, 2.75) is 45.1 Å². The van der Waals surface area contributed by atoms with E-state index >= 15 is 0 Å². The summed E-state index contributed by atoms with van der Waals surface area (Å²) in [5, 5.41) is 1.45. The first-order valence-corrected chi connectivity index (χ1v) is 9.79. The summed E-state index contributed by atoms with van der Waals surface area (Å²) in [6, 6.07) is 7.27. The average molecular weight is 352 g/mol. The Balaban J connectivity index is 1.58. The van der Waals surface area contributed by atoms with Crippen molar-refractivity contribution < 1.29 is 9.53 Å². The summed E-state index contributed by atoms with van der Waals surface area (Å²) in [7, 11) is 0. The molecule has 0 amide bonds. The molecule has 1 N–H and O–H groups in total. The zero-order valence-corrected chi connectivity index (χ0v) is 15.7. The van der Waals surface area contributed by atoms with Gasteiger partial charge in [-0.15, -0.1) is 0 Å². The third-order valence-corrected chi connectivity index (χ3v) is 5.90. The van der Waals surface area contributed by atoms with Gasteiger partial charge in [-0.05, 0) is 49.9 Å². The number of hydrogen-bond acceptors (Lipinski definition) is 3. The Morgan fingerprint density at radius 3 is 3.12 bits per heavy atom. The van der Waals surface area contributed by atoms with Crippen LogP contribution < -0.4 is 0 Å². The number of nitrogens with one attached hydrogen (secondary N) is 1. The van der Waals surface area contributed by atoms with Crippen LogP contribution >= 0.6 is 0 Å². The number of hydrogen-bond donors (Lipinski definition) is 1. The van der Waals surface area contributed by atoms with Crippen LogP contribution in [0.2, 0.25) is 0 Å². The van der Waals surface area contributed by atoms with Gasteiger partial charge in [0.25, 0.3) is 0 Å². The number of piperidine rings is 1. The molecule has 1 aromatic carbocycles. The van der Waals surface area contributed by atoms with E-state index in [1.165, 1.54) is 34.5 Å². The molecule has 3 atom stereocenters. The zero-order valence-electron chi connectivity index (χ0n) is 15.7. The molecule has 0 saturated carbocycles. The summed E-state index contributed by atoms with van der Waals surface area (Å²) in [6.07, 6.45) is 8.73. The Labute approximate surface area is 155 Å². The van der Waals surface area contributed by atoms with Gasteiger partial charge < -0.3 is 9.72 Å². The number of carbonyl (C=O) groups is 1. The minimum atomic E-state index is 0.0280. The second kappa shape index (κ2) is 7.28. The Kier molecular flexibility index (Phi) is 4.86. The normalized spacial score (nSPS) is 25.5. The predicted octanol–water partition coefficient (Wildman–Crippen LogP) is 4.03. The number of carbonyl (C=O) groups excluding carboxylic acids is 1. The van der Waals surface area contributed by atoms with E-state index in [9.17, 15) is 4.79 Å². The molecule has 1 aliphatic heterocycles.